The molecule has 9 heteroatoms. The van der Waals surface area contributed by atoms with Crippen LogP contribution in [0.25, 0.3) is 11.0 Å². The van der Waals surface area contributed by atoms with Gasteiger partial charge in [0.25, 0.3) is 0 Å². The fraction of sp³-hybridized carbons (Fsp3) is 0.278. The number of likely N-dealkylation sites (N-methyl/N-ethyl adjacent to an activating group) is 1. The van der Waals surface area contributed by atoms with Gasteiger partial charge >= 0.3 is 5.69 Å². The molecule has 1 fully saturated rings. The van der Waals surface area contributed by atoms with E-state index < -0.39 is 15.7 Å². The minimum atomic E-state index is -3.77. The van der Waals surface area contributed by atoms with Crippen molar-refractivity contribution in [2.75, 3.05) is 26.7 Å². The minimum Gasteiger partial charge on any atom is -0.306 e. The Morgan fingerprint density at radius 3 is 2.59 bits per heavy atom. The molecule has 0 amide bonds. The summed E-state index contributed by atoms with van der Waals surface area (Å²) in [6, 6.07) is 10.5. The summed E-state index contributed by atoms with van der Waals surface area (Å²) in [4.78, 5) is 18.6. The Balaban J connectivity index is 1.68. The molecule has 3 aromatic rings. The van der Waals surface area contributed by atoms with Gasteiger partial charge in [-0.15, -0.1) is 0 Å². The zero-order valence-electron chi connectivity index (χ0n) is 14.6. The molecule has 2 aromatic carbocycles. The lowest BCUT2D eigenvalue weighted by Crippen LogP contribution is -2.49. The molecule has 0 aliphatic carbocycles. The number of fused-ring (bicyclic) bond motifs is 1. The molecule has 0 saturated carbocycles. The number of sulfonamides is 1. The summed E-state index contributed by atoms with van der Waals surface area (Å²) in [6.45, 7) is 0.953. The summed E-state index contributed by atoms with van der Waals surface area (Å²) >= 11 is 0. The van der Waals surface area contributed by atoms with Crippen molar-refractivity contribution in [3.63, 3.8) is 0 Å². The Bertz CT molecular complexity index is 1150. The normalized spacial score (nSPS) is 19.6. The van der Waals surface area contributed by atoms with E-state index in [0.717, 1.165) is 0 Å². The lowest BCUT2D eigenvalue weighted by atomic mass is 10.0. The molecule has 27 heavy (non-hydrogen) atoms. The molecule has 1 unspecified atom stereocenters. The highest BCUT2D eigenvalue weighted by atomic mass is 32.2. The van der Waals surface area contributed by atoms with E-state index in [2.05, 4.69) is 9.97 Å². The molecule has 2 heterocycles. The summed E-state index contributed by atoms with van der Waals surface area (Å²) in [5.41, 5.74) is 1.06. The first kappa shape index (κ1) is 17.9. The van der Waals surface area contributed by atoms with Gasteiger partial charge in [0.15, 0.2) is 0 Å². The van der Waals surface area contributed by atoms with Crippen LogP contribution in [0.15, 0.2) is 52.2 Å². The summed E-state index contributed by atoms with van der Waals surface area (Å²) in [6.07, 6.45) is 0. The third-order valence-electron chi connectivity index (χ3n) is 5.00. The number of aromatic amines is 2. The number of rotatable bonds is 3. The number of nitrogens with zero attached hydrogens (tertiary/aromatic N) is 2. The molecular formula is C18H19FN4O3S. The van der Waals surface area contributed by atoms with Gasteiger partial charge in [0.1, 0.15) is 5.82 Å². The van der Waals surface area contributed by atoms with E-state index in [1.54, 1.807) is 24.3 Å². The highest BCUT2D eigenvalue weighted by molar-refractivity contribution is 7.89. The second kappa shape index (κ2) is 6.59. The number of aromatic nitrogens is 2. The minimum absolute atomic E-state index is 0.0992. The number of imidazole rings is 1. The predicted octanol–water partition coefficient (Wildman–Crippen LogP) is 1.67. The molecule has 2 N–H and O–H groups in total. The Labute approximate surface area is 155 Å². The van der Waals surface area contributed by atoms with Crippen molar-refractivity contribution in [3.05, 3.63) is 64.3 Å². The van der Waals surface area contributed by atoms with Crippen molar-refractivity contribution in [3.8, 4) is 0 Å². The monoisotopic (exact) mass is 390 g/mol. The molecule has 0 spiro atoms. The van der Waals surface area contributed by atoms with Crippen molar-refractivity contribution < 1.29 is 12.8 Å². The topological polar surface area (TPSA) is 89.3 Å². The number of hydrogen-bond donors (Lipinski definition) is 2. The van der Waals surface area contributed by atoms with Gasteiger partial charge in [-0.2, -0.15) is 4.31 Å². The van der Waals surface area contributed by atoms with Gasteiger partial charge in [-0.05, 0) is 31.3 Å². The average molecular weight is 390 g/mol. The van der Waals surface area contributed by atoms with Crippen LogP contribution in [-0.4, -0.2) is 54.3 Å². The van der Waals surface area contributed by atoms with Gasteiger partial charge < -0.3 is 9.97 Å². The lowest BCUT2D eigenvalue weighted by Gasteiger charge is -2.39. The van der Waals surface area contributed by atoms with Crippen LogP contribution in [0.1, 0.15) is 11.6 Å². The number of hydrogen-bond acceptors (Lipinski definition) is 4. The summed E-state index contributed by atoms with van der Waals surface area (Å²) < 4.78 is 41.8. The van der Waals surface area contributed by atoms with E-state index >= 15 is 0 Å². The van der Waals surface area contributed by atoms with Gasteiger partial charge in [-0.25, -0.2) is 17.6 Å². The van der Waals surface area contributed by atoms with Crippen LogP contribution in [-0.2, 0) is 10.0 Å². The number of nitrogens with one attached hydrogen (secondary N) is 2. The summed E-state index contributed by atoms with van der Waals surface area (Å²) in [7, 11) is -1.91. The van der Waals surface area contributed by atoms with Gasteiger partial charge in [-0.1, -0.05) is 18.2 Å². The molecule has 0 bridgehead atoms. The van der Waals surface area contributed by atoms with Crippen LogP contribution < -0.4 is 5.69 Å². The fourth-order valence-electron chi connectivity index (χ4n) is 3.47. The lowest BCUT2D eigenvalue weighted by molar-refractivity contribution is 0.145. The summed E-state index contributed by atoms with van der Waals surface area (Å²) in [5.74, 6) is -0.347. The van der Waals surface area contributed by atoms with Gasteiger partial charge in [0, 0.05) is 25.2 Å². The second-order valence-corrected chi connectivity index (χ2v) is 8.61. The van der Waals surface area contributed by atoms with Crippen LogP contribution in [0.2, 0.25) is 0 Å². The van der Waals surface area contributed by atoms with E-state index in [1.807, 2.05) is 11.9 Å². The molecule has 0 radical (unpaired) electrons. The Morgan fingerprint density at radius 2 is 1.81 bits per heavy atom. The van der Waals surface area contributed by atoms with Crippen molar-refractivity contribution >= 4 is 21.1 Å². The zero-order valence-corrected chi connectivity index (χ0v) is 15.5. The molecular weight excluding hydrogens is 371 g/mol. The third kappa shape index (κ3) is 3.18. The van der Waals surface area contributed by atoms with Crippen molar-refractivity contribution in [1.82, 2.24) is 19.2 Å². The first-order valence-electron chi connectivity index (χ1n) is 8.53. The van der Waals surface area contributed by atoms with Crippen molar-refractivity contribution in [2.45, 2.75) is 10.9 Å². The highest BCUT2D eigenvalue weighted by Crippen LogP contribution is 2.29. The second-order valence-electron chi connectivity index (χ2n) is 6.67. The zero-order chi connectivity index (χ0) is 19.2. The SMILES string of the molecule is CN1CCN(S(=O)(=O)c2ccc3[nH]c(=O)[nH]c3c2)CC1c1ccccc1F. The van der Waals surface area contributed by atoms with E-state index in [0.29, 0.717) is 29.7 Å². The van der Waals surface area contributed by atoms with Gasteiger partial charge in [-0.3, -0.25) is 4.90 Å². The van der Waals surface area contributed by atoms with Crippen LogP contribution in [0.5, 0.6) is 0 Å². The van der Waals surface area contributed by atoms with Crippen LogP contribution in [0.4, 0.5) is 4.39 Å². The van der Waals surface area contributed by atoms with E-state index in [1.165, 1.54) is 22.5 Å². The average Bonchev–Trinajstić information content (AvgIpc) is 3.02. The largest absolute Gasteiger partial charge is 0.323 e. The Hall–Kier alpha value is -2.49. The quantitative estimate of drug-likeness (QED) is 0.712. The van der Waals surface area contributed by atoms with Gasteiger partial charge in [0.2, 0.25) is 10.0 Å². The number of benzene rings is 2. The first-order valence-corrected chi connectivity index (χ1v) is 9.97. The number of H-pyrrole nitrogens is 2. The van der Waals surface area contributed by atoms with Crippen LogP contribution in [0.3, 0.4) is 0 Å². The van der Waals surface area contributed by atoms with Crippen molar-refractivity contribution in [2.24, 2.45) is 0 Å². The predicted molar refractivity (Wildman–Crippen MR) is 99.4 cm³/mol. The molecule has 1 saturated heterocycles. The first-order chi connectivity index (χ1) is 12.9. The smallest absolute Gasteiger partial charge is 0.306 e. The molecule has 142 valence electrons. The molecule has 1 atom stereocenters. The standard InChI is InChI=1S/C18H19FN4O3S/c1-22-8-9-23(11-17(22)13-4-2-3-5-14(13)19)27(25,26)12-6-7-15-16(10-12)21-18(24)20-15/h2-7,10,17H,8-9,11H2,1H3,(H2,20,21,24). The number of halogens is 1. The van der Waals surface area contributed by atoms with Crippen LogP contribution in [0, 0.1) is 5.82 Å². The molecule has 7 nitrogen and oxygen atoms in total. The molecule has 1 aliphatic heterocycles. The van der Waals surface area contributed by atoms with E-state index in [-0.39, 0.29) is 23.3 Å². The van der Waals surface area contributed by atoms with Crippen LogP contribution >= 0.6 is 0 Å². The molecule has 1 aromatic heterocycles. The number of piperazine rings is 1. The molecule has 4 rings (SSSR count). The van der Waals surface area contributed by atoms with E-state index in [4.69, 9.17) is 0 Å². The van der Waals surface area contributed by atoms with Crippen molar-refractivity contribution in [1.29, 1.82) is 0 Å². The Morgan fingerprint density at radius 1 is 1.07 bits per heavy atom. The fourth-order valence-corrected chi connectivity index (χ4v) is 4.93. The third-order valence-corrected chi connectivity index (χ3v) is 6.86. The van der Waals surface area contributed by atoms with Gasteiger partial charge in [0.05, 0.1) is 22.0 Å². The Kier molecular flexibility index (Phi) is 4.37. The summed E-state index contributed by atoms with van der Waals surface area (Å²) in [5, 5.41) is 0. The maximum Gasteiger partial charge on any atom is 0.323 e. The van der Waals surface area contributed by atoms with E-state index in [9.17, 15) is 17.6 Å². The highest BCUT2D eigenvalue weighted by Gasteiger charge is 2.34. The maximum absolute atomic E-state index is 14.2. The maximum atomic E-state index is 14.2. The molecule has 1 aliphatic rings.